The first kappa shape index (κ1) is 14.7. The third-order valence-corrected chi connectivity index (χ3v) is 4.42. The van der Waals surface area contributed by atoms with Gasteiger partial charge in [-0.3, -0.25) is 4.90 Å². The van der Waals surface area contributed by atoms with Crippen molar-refractivity contribution < 1.29 is 0 Å². The summed E-state index contributed by atoms with van der Waals surface area (Å²) >= 11 is 1.76. The maximum Gasteiger partial charge on any atom is 0.0507 e. The zero-order valence-corrected chi connectivity index (χ0v) is 12.3. The van der Waals surface area contributed by atoms with Gasteiger partial charge in [0.2, 0.25) is 0 Å². The molecule has 0 amide bonds. The molecular weight excluding hydrogens is 228 g/mol. The summed E-state index contributed by atoms with van der Waals surface area (Å²) in [5.74, 6) is 0. The van der Waals surface area contributed by atoms with Crippen LogP contribution >= 0.6 is 11.3 Å². The number of likely N-dealkylation sites (N-methyl/N-ethyl adjacent to an activating group) is 1. The summed E-state index contributed by atoms with van der Waals surface area (Å²) in [7, 11) is 2.22. The normalized spacial score (nSPS) is 15.5. The van der Waals surface area contributed by atoms with Gasteiger partial charge in [0.1, 0.15) is 0 Å². The van der Waals surface area contributed by atoms with E-state index in [1.165, 1.54) is 18.4 Å². The lowest BCUT2D eigenvalue weighted by Crippen LogP contribution is -2.43. The Labute approximate surface area is 110 Å². The van der Waals surface area contributed by atoms with Gasteiger partial charge >= 0.3 is 0 Å². The lowest BCUT2D eigenvalue weighted by Gasteiger charge is -2.37. The van der Waals surface area contributed by atoms with Crippen molar-refractivity contribution in [1.29, 1.82) is 0 Å². The van der Waals surface area contributed by atoms with Crippen LogP contribution in [0.2, 0.25) is 0 Å². The van der Waals surface area contributed by atoms with Crippen LogP contribution in [-0.4, -0.2) is 24.0 Å². The van der Waals surface area contributed by atoms with Crippen LogP contribution in [-0.2, 0) is 0 Å². The molecule has 3 heteroatoms. The summed E-state index contributed by atoms with van der Waals surface area (Å²) in [5, 5.41) is 4.38. The van der Waals surface area contributed by atoms with Crippen LogP contribution in [0.4, 0.5) is 0 Å². The second kappa shape index (κ2) is 7.14. The fourth-order valence-electron chi connectivity index (χ4n) is 2.54. The molecule has 1 rings (SSSR count). The van der Waals surface area contributed by atoms with Crippen LogP contribution in [0.25, 0.3) is 0 Å². The maximum atomic E-state index is 6.32. The molecule has 2 N–H and O–H groups in total. The number of rotatable bonds is 7. The summed E-state index contributed by atoms with van der Waals surface area (Å²) in [6, 6.07) is 3.41. The van der Waals surface area contributed by atoms with Gasteiger partial charge < -0.3 is 5.73 Å². The predicted octanol–water partition coefficient (Wildman–Crippen LogP) is 3.65. The van der Waals surface area contributed by atoms with Gasteiger partial charge in [-0.25, -0.2) is 0 Å². The summed E-state index contributed by atoms with van der Waals surface area (Å²) in [4.78, 5) is 2.47. The molecule has 0 bridgehead atoms. The molecule has 0 saturated carbocycles. The first-order valence-electron chi connectivity index (χ1n) is 6.65. The minimum Gasteiger partial charge on any atom is -0.326 e. The van der Waals surface area contributed by atoms with Crippen molar-refractivity contribution in [3.8, 4) is 0 Å². The number of nitrogens with zero attached hydrogens (tertiary/aromatic N) is 1. The highest BCUT2D eigenvalue weighted by molar-refractivity contribution is 7.07. The highest BCUT2D eigenvalue weighted by Crippen LogP contribution is 2.28. The Morgan fingerprint density at radius 2 is 1.88 bits per heavy atom. The van der Waals surface area contributed by atoms with Crippen molar-refractivity contribution in [2.45, 2.75) is 58.2 Å². The fraction of sp³-hybridized carbons (Fsp3) is 0.714. The average molecular weight is 254 g/mol. The van der Waals surface area contributed by atoms with Gasteiger partial charge in [0, 0.05) is 12.1 Å². The first-order valence-corrected chi connectivity index (χ1v) is 7.59. The number of thiophene rings is 1. The largest absolute Gasteiger partial charge is 0.326 e. The molecule has 0 aliphatic carbocycles. The smallest absolute Gasteiger partial charge is 0.0507 e. The van der Waals surface area contributed by atoms with E-state index in [-0.39, 0.29) is 6.04 Å². The van der Waals surface area contributed by atoms with Gasteiger partial charge in [0.05, 0.1) is 6.04 Å². The van der Waals surface area contributed by atoms with Crippen molar-refractivity contribution >= 4 is 11.3 Å². The minimum absolute atomic E-state index is 0.218. The Bertz CT molecular complexity index is 293. The van der Waals surface area contributed by atoms with Crippen LogP contribution in [0.1, 0.15) is 51.6 Å². The Kier molecular flexibility index (Phi) is 6.17. The molecule has 1 aromatic heterocycles. The van der Waals surface area contributed by atoms with Crippen LogP contribution in [0.5, 0.6) is 0 Å². The van der Waals surface area contributed by atoms with Gasteiger partial charge in [-0.05, 0) is 48.7 Å². The predicted molar refractivity (Wildman–Crippen MR) is 77.5 cm³/mol. The molecule has 1 heterocycles. The Hall–Kier alpha value is -0.380. The molecule has 98 valence electrons. The van der Waals surface area contributed by atoms with Gasteiger partial charge in [0.15, 0.2) is 0 Å². The number of nitrogens with two attached hydrogens (primary N) is 1. The molecule has 1 aromatic rings. The SMILES string of the molecule is CCC(N)C(c1ccsc1)N(C)C(CC)CC. The number of hydrogen-bond donors (Lipinski definition) is 1. The number of hydrogen-bond acceptors (Lipinski definition) is 3. The van der Waals surface area contributed by atoms with Crippen LogP contribution < -0.4 is 5.73 Å². The Balaban J connectivity index is 2.90. The van der Waals surface area contributed by atoms with E-state index >= 15 is 0 Å². The summed E-state index contributed by atoms with van der Waals surface area (Å²) in [6.07, 6.45) is 3.39. The molecule has 0 spiro atoms. The van der Waals surface area contributed by atoms with E-state index in [9.17, 15) is 0 Å². The van der Waals surface area contributed by atoms with E-state index < -0.39 is 0 Å². The molecule has 0 saturated heterocycles. The molecule has 0 fully saturated rings. The monoisotopic (exact) mass is 254 g/mol. The van der Waals surface area contributed by atoms with Crippen LogP contribution in [0.15, 0.2) is 16.8 Å². The van der Waals surface area contributed by atoms with E-state index in [1.807, 2.05) is 0 Å². The molecular formula is C14H26N2S. The lowest BCUT2D eigenvalue weighted by atomic mass is 9.96. The first-order chi connectivity index (χ1) is 8.15. The molecule has 0 aromatic carbocycles. The van der Waals surface area contributed by atoms with E-state index in [1.54, 1.807) is 11.3 Å². The fourth-order valence-corrected chi connectivity index (χ4v) is 3.23. The van der Waals surface area contributed by atoms with Crippen molar-refractivity contribution in [1.82, 2.24) is 4.90 Å². The molecule has 0 aliphatic rings. The molecule has 2 atom stereocenters. The maximum absolute atomic E-state index is 6.32. The second-order valence-electron chi connectivity index (χ2n) is 4.71. The Morgan fingerprint density at radius 1 is 1.24 bits per heavy atom. The van der Waals surface area contributed by atoms with Gasteiger partial charge in [-0.2, -0.15) is 11.3 Å². The zero-order valence-electron chi connectivity index (χ0n) is 11.5. The lowest BCUT2D eigenvalue weighted by molar-refractivity contribution is 0.141. The average Bonchev–Trinajstić information content (AvgIpc) is 2.84. The van der Waals surface area contributed by atoms with Crippen molar-refractivity contribution in [2.24, 2.45) is 5.73 Å². The third-order valence-electron chi connectivity index (χ3n) is 3.72. The topological polar surface area (TPSA) is 29.3 Å². The van der Waals surface area contributed by atoms with E-state index in [4.69, 9.17) is 5.73 Å². The van der Waals surface area contributed by atoms with Crippen LogP contribution in [0, 0.1) is 0 Å². The van der Waals surface area contributed by atoms with Crippen LogP contribution in [0.3, 0.4) is 0 Å². The van der Waals surface area contributed by atoms with Gasteiger partial charge in [-0.15, -0.1) is 0 Å². The van der Waals surface area contributed by atoms with E-state index in [2.05, 4.69) is 49.5 Å². The van der Waals surface area contributed by atoms with E-state index in [0.717, 1.165) is 6.42 Å². The third kappa shape index (κ3) is 3.54. The minimum atomic E-state index is 0.218. The summed E-state index contributed by atoms with van der Waals surface area (Å²) in [6.45, 7) is 6.68. The molecule has 17 heavy (non-hydrogen) atoms. The highest BCUT2D eigenvalue weighted by atomic mass is 32.1. The zero-order chi connectivity index (χ0) is 12.8. The molecule has 2 unspecified atom stereocenters. The second-order valence-corrected chi connectivity index (χ2v) is 5.49. The Morgan fingerprint density at radius 3 is 2.29 bits per heavy atom. The van der Waals surface area contributed by atoms with Crippen molar-refractivity contribution in [3.63, 3.8) is 0 Å². The highest BCUT2D eigenvalue weighted by Gasteiger charge is 2.26. The van der Waals surface area contributed by atoms with Crippen molar-refractivity contribution in [3.05, 3.63) is 22.4 Å². The summed E-state index contributed by atoms with van der Waals surface area (Å²) in [5.41, 5.74) is 7.69. The molecule has 2 nitrogen and oxygen atoms in total. The van der Waals surface area contributed by atoms with E-state index in [0.29, 0.717) is 12.1 Å². The van der Waals surface area contributed by atoms with Gasteiger partial charge in [0.25, 0.3) is 0 Å². The molecule has 0 radical (unpaired) electrons. The van der Waals surface area contributed by atoms with Gasteiger partial charge in [-0.1, -0.05) is 20.8 Å². The quantitative estimate of drug-likeness (QED) is 0.805. The van der Waals surface area contributed by atoms with Crippen molar-refractivity contribution in [2.75, 3.05) is 7.05 Å². The summed E-state index contributed by atoms with van der Waals surface area (Å²) < 4.78 is 0. The molecule has 0 aliphatic heterocycles. The standard InChI is InChI=1S/C14H26N2S/c1-5-12(6-2)16(4)14(13(15)7-3)11-8-9-17-10-11/h8-10,12-14H,5-7,15H2,1-4H3.